The Balaban J connectivity index is 2.09. The van der Waals surface area contributed by atoms with Crippen molar-refractivity contribution in [2.75, 3.05) is 13.1 Å². The van der Waals surface area contributed by atoms with Crippen molar-refractivity contribution in [1.82, 2.24) is 15.3 Å². The third kappa shape index (κ3) is 2.05. The van der Waals surface area contributed by atoms with Gasteiger partial charge in [0, 0.05) is 30.6 Å². The van der Waals surface area contributed by atoms with Crippen molar-refractivity contribution in [2.45, 2.75) is 5.92 Å². The number of hydrogen-bond donors (Lipinski definition) is 2. The summed E-state index contributed by atoms with van der Waals surface area (Å²) in [4.78, 5) is 18.9. The molecule has 2 N–H and O–H groups in total. The zero-order valence-electron chi connectivity index (χ0n) is 9.61. The van der Waals surface area contributed by atoms with E-state index in [1.807, 2.05) is 18.2 Å². The fraction of sp³-hybridized carbons (Fsp3) is 0.231. The molecule has 0 saturated carbocycles. The summed E-state index contributed by atoms with van der Waals surface area (Å²) in [5.41, 5.74) is 1.44. The summed E-state index contributed by atoms with van der Waals surface area (Å²) in [6.45, 7) is 1.75. The first kappa shape index (κ1) is 11.4. The van der Waals surface area contributed by atoms with Crippen LogP contribution in [0, 0.1) is 0 Å². The number of benzene rings is 1. The molecule has 1 fully saturated rings. The summed E-state index contributed by atoms with van der Waals surface area (Å²) in [5.74, 6) is 0.864. The van der Waals surface area contributed by atoms with E-state index in [4.69, 9.17) is 11.6 Å². The summed E-state index contributed by atoms with van der Waals surface area (Å²) in [6, 6.07) is 8.92. The Morgan fingerprint density at radius 3 is 2.72 bits per heavy atom. The van der Waals surface area contributed by atoms with Gasteiger partial charge in [-0.25, -0.2) is 4.98 Å². The molecule has 0 atom stereocenters. The monoisotopic (exact) mass is 261 g/mol. The average molecular weight is 262 g/mol. The quantitative estimate of drug-likeness (QED) is 0.866. The van der Waals surface area contributed by atoms with E-state index in [9.17, 15) is 4.79 Å². The maximum Gasteiger partial charge on any atom is 0.251 e. The van der Waals surface area contributed by atoms with Crippen LogP contribution in [0.2, 0.25) is 5.02 Å². The number of aromatic nitrogens is 2. The van der Waals surface area contributed by atoms with E-state index in [2.05, 4.69) is 15.3 Å². The maximum atomic E-state index is 11.7. The average Bonchev–Trinajstić information content (AvgIpc) is 2.26. The zero-order chi connectivity index (χ0) is 12.5. The highest BCUT2D eigenvalue weighted by atomic mass is 35.5. The number of aromatic amines is 1. The lowest BCUT2D eigenvalue weighted by Gasteiger charge is -2.26. The molecule has 0 amide bonds. The second-order valence-corrected chi connectivity index (χ2v) is 4.76. The maximum absolute atomic E-state index is 11.7. The van der Waals surface area contributed by atoms with Gasteiger partial charge in [0.1, 0.15) is 5.82 Å². The topological polar surface area (TPSA) is 57.8 Å². The molecular formula is C13H12ClN3O. The summed E-state index contributed by atoms with van der Waals surface area (Å²) >= 11 is 6.12. The molecule has 2 heterocycles. The molecule has 0 spiro atoms. The SMILES string of the molecule is O=c1cc(C2CNC2)nc(-c2ccccc2Cl)[nH]1. The van der Waals surface area contributed by atoms with Crippen LogP contribution in [0.25, 0.3) is 11.4 Å². The van der Waals surface area contributed by atoms with Gasteiger partial charge in [-0.05, 0) is 12.1 Å². The highest BCUT2D eigenvalue weighted by Crippen LogP contribution is 2.25. The lowest BCUT2D eigenvalue weighted by molar-refractivity contribution is 0.439. The van der Waals surface area contributed by atoms with Gasteiger partial charge in [-0.15, -0.1) is 0 Å². The van der Waals surface area contributed by atoms with Crippen molar-refractivity contribution in [2.24, 2.45) is 0 Å². The molecule has 0 unspecified atom stereocenters. The summed E-state index contributed by atoms with van der Waals surface area (Å²) in [7, 11) is 0. The summed E-state index contributed by atoms with van der Waals surface area (Å²) < 4.78 is 0. The van der Waals surface area contributed by atoms with Gasteiger partial charge in [-0.3, -0.25) is 4.79 Å². The van der Waals surface area contributed by atoms with Crippen LogP contribution in [0.15, 0.2) is 35.1 Å². The molecule has 2 aromatic rings. The minimum absolute atomic E-state index is 0.137. The van der Waals surface area contributed by atoms with E-state index in [1.54, 1.807) is 12.1 Å². The molecule has 0 radical (unpaired) electrons. The predicted molar refractivity (Wildman–Crippen MR) is 70.9 cm³/mol. The number of H-pyrrole nitrogens is 1. The van der Waals surface area contributed by atoms with Crippen LogP contribution >= 0.6 is 11.6 Å². The molecule has 1 aliphatic heterocycles. The Morgan fingerprint density at radius 1 is 1.28 bits per heavy atom. The van der Waals surface area contributed by atoms with E-state index in [0.29, 0.717) is 16.8 Å². The summed E-state index contributed by atoms with van der Waals surface area (Å²) in [6.07, 6.45) is 0. The Hall–Kier alpha value is -1.65. The van der Waals surface area contributed by atoms with Crippen molar-refractivity contribution in [3.05, 3.63) is 51.4 Å². The highest BCUT2D eigenvalue weighted by molar-refractivity contribution is 6.33. The first-order valence-electron chi connectivity index (χ1n) is 5.81. The molecular weight excluding hydrogens is 250 g/mol. The zero-order valence-corrected chi connectivity index (χ0v) is 10.4. The first-order chi connectivity index (χ1) is 8.74. The van der Waals surface area contributed by atoms with Gasteiger partial charge >= 0.3 is 0 Å². The molecule has 4 nitrogen and oxygen atoms in total. The van der Waals surface area contributed by atoms with Gasteiger partial charge in [-0.1, -0.05) is 23.7 Å². The van der Waals surface area contributed by atoms with E-state index < -0.39 is 0 Å². The normalized spacial score (nSPS) is 15.4. The van der Waals surface area contributed by atoms with Gasteiger partial charge < -0.3 is 10.3 Å². The largest absolute Gasteiger partial charge is 0.315 e. The molecule has 0 aliphatic carbocycles. The number of halogens is 1. The van der Waals surface area contributed by atoms with Gasteiger partial charge in [0.2, 0.25) is 0 Å². The van der Waals surface area contributed by atoms with Crippen molar-refractivity contribution in [1.29, 1.82) is 0 Å². The second kappa shape index (κ2) is 4.55. The molecule has 1 saturated heterocycles. The van der Waals surface area contributed by atoms with Crippen LogP contribution in [-0.2, 0) is 0 Å². The predicted octanol–water partition coefficient (Wildman–Crippen LogP) is 1.78. The summed E-state index contributed by atoms with van der Waals surface area (Å²) in [5, 5.41) is 3.76. The standard InChI is InChI=1S/C13H12ClN3O/c14-10-4-2-1-3-9(10)13-16-11(5-12(18)17-13)8-6-15-7-8/h1-5,8,15H,6-7H2,(H,16,17,18). The third-order valence-corrected chi connectivity index (χ3v) is 3.42. The van der Waals surface area contributed by atoms with E-state index in [0.717, 1.165) is 24.3 Å². The third-order valence-electron chi connectivity index (χ3n) is 3.09. The second-order valence-electron chi connectivity index (χ2n) is 4.35. The molecule has 3 rings (SSSR count). The molecule has 92 valence electrons. The highest BCUT2D eigenvalue weighted by Gasteiger charge is 2.21. The van der Waals surface area contributed by atoms with Crippen molar-refractivity contribution < 1.29 is 0 Å². The van der Waals surface area contributed by atoms with Crippen LogP contribution in [0.3, 0.4) is 0 Å². The molecule has 18 heavy (non-hydrogen) atoms. The van der Waals surface area contributed by atoms with Gasteiger partial charge in [0.25, 0.3) is 5.56 Å². The molecule has 1 aliphatic rings. The van der Waals surface area contributed by atoms with Crippen LogP contribution in [0.5, 0.6) is 0 Å². The first-order valence-corrected chi connectivity index (χ1v) is 6.19. The minimum atomic E-state index is -0.137. The molecule has 1 aromatic heterocycles. The van der Waals surface area contributed by atoms with Gasteiger partial charge in [0.15, 0.2) is 0 Å². The number of nitrogens with one attached hydrogen (secondary N) is 2. The van der Waals surface area contributed by atoms with Crippen LogP contribution in [0.4, 0.5) is 0 Å². The fourth-order valence-corrected chi connectivity index (χ4v) is 2.19. The number of rotatable bonds is 2. The Morgan fingerprint density at radius 2 is 2.06 bits per heavy atom. The molecule has 5 heteroatoms. The van der Waals surface area contributed by atoms with Crippen molar-refractivity contribution in [3.8, 4) is 11.4 Å². The van der Waals surface area contributed by atoms with Crippen LogP contribution < -0.4 is 10.9 Å². The smallest absolute Gasteiger partial charge is 0.251 e. The lowest BCUT2D eigenvalue weighted by atomic mass is 9.99. The minimum Gasteiger partial charge on any atom is -0.315 e. The van der Waals surface area contributed by atoms with Crippen molar-refractivity contribution in [3.63, 3.8) is 0 Å². The Bertz CT molecular complexity index is 634. The Labute approximate surface area is 109 Å². The van der Waals surface area contributed by atoms with Gasteiger partial charge in [0.05, 0.1) is 10.7 Å². The van der Waals surface area contributed by atoms with Gasteiger partial charge in [-0.2, -0.15) is 0 Å². The van der Waals surface area contributed by atoms with E-state index in [-0.39, 0.29) is 5.56 Å². The van der Waals surface area contributed by atoms with E-state index >= 15 is 0 Å². The Kier molecular flexibility index (Phi) is 2.89. The fourth-order valence-electron chi connectivity index (χ4n) is 1.96. The van der Waals surface area contributed by atoms with E-state index in [1.165, 1.54) is 0 Å². The van der Waals surface area contributed by atoms with Crippen LogP contribution in [-0.4, -0.2) is 23.1 Å². The number of nitrogens with zero attached hydrogens (tertiary/aromatic N) is 1. The number of hydrogen-bond acceptors (Lipinski definition) is 3. The van der Waals surface area contributed by atoms with Crippen LogP contribution in [0.1, 0.15) is 11.6 Å². The van der Waals surface area contributed by atoms with Crippen molar-refractivity contribution >= 4 is 11.6 Å². The molecule has 1 aromatic carbocycles. The molecule has 0 bridgehead atoms. The lowest BCUT2D eigenvalue weighted by Crippen LogP contribution is -2.40.